The van der Waals surface area contributed by atoms with Crippen molar-refractivity contribution in [2.45, 2.75) is 89.3 Å². The molecule has 0 spiro atoms. The van der Waals surface area contributed by atoms with Gasteiger partial charge in [-0.1, -0.05) is 128 Å². The van der Waals surface area contributed by atoms with Crippen molar-refractivity contribution in [2.24, 2.45) is 0 Å². The fourth-order valence-electron chi connectivity index (χ4n) is 15.7. The maximum atomic E-state index is 12.4. The number of aromatic nitrogens is 12. The SMILES string of the molecule is C=C1CC[C@@H](COc2noc3ccc(-c4ccc(OC(F)(F)F)cc4)cc23)N1.C=C1CC[C@H](COc2noc3ccc(-c4ccc(OC(F)(F)F)cc4)cc23)N1.FC(F)(F)Oc1ccc(-c2ccc3onc(OCCn4ccnc4)c3c2)cc1.FC(F)(F)Oc1ccc(-c2ccc3onc(OCc4cnn(-c5ccccn5)c4)c3c2)cc1.FC(F)(F)Oc1ccc(-c2ccc3onc(OCc4nccn4-c4ccccc4)c3c2)cc1. The Balaban J connectivity index is 0.000000123. The first-order valence-electron chi connectivity index (χ1n) is 45.4. The number of pyridine rings is 1. The van der Waals surface area contributed by atoms with Crippen LogP contribution in [0.15, 0.2) is 358 Å². The largest absolute Gasteiger partial charge is 0.573 e. The summed E-state index contributed by atoms with van der Waals surface area (Å²) in [5.74, 6) is 1.72. The fraction of sp³-hybridized carbons (Fsp3) is 0.160. The molecule has 0 aliphatic carbocycles. The first kappa shape index (κ1) is 102. The molecule has 0 unspecified atom stereocenters. The maximum Gasteiger partial charge on any atom is 0.573 e. The molecule has 11 aromatic carbocycles. The van der Waals surface area contributed by atoms with E-state index in [2.05, 4.69) is 93.3 Å². The van der Waals surface area contributed by atoms with Crippen LogP contribution in [0.3, 0.4) is 0 Å². The number of fused-ring (bicyclic) bond motifs is 5. The topological polar surface area (TPSA) is 313 Å². The van der Waals surface area contributed by atoms with Crippen LogP contribution in [0.2, 0.25) is 0 Å². The lowest BCUT2D eigenvalue weighted by molar-refractivity contribution is -0.275. The van der Waals surface area contributed by atoms with E-state index in [4.69, 9.17) is 46.3 Å². The van der Waals surface area contributed by atoms with E-state index in [0.717, 1.165) is 92.8 Å². The molecular formula is C106H79F15N14O15. The molecule has 2 N–H and O–H groups in total. The Labute approximate surface area is 838 Å². The summed E-state index contributed by atoms with van der Waals surface area (Å²) >= 11 is 0. The average Bonchev–Trinajstić information content (AvgIpc) is 1.67. The van der Waals surface area contributed by atoms with Gasteiger partial charge in [0.2, 0.25) is 0 Å². The lowest BCUT2D eigenvalue weighted by atomic mass is 10.0. The Morgan fingerprint density at radius 3 is 1.01 bits per heavy atom. The molecule has 2 saturated heterocycles. The minimum Gasteiger partial charge on any atom is -0.473 e. The molecule has 22 rings (SSSR count). The van der Waals surface area contributed by atoms with E-state index < -0.39 is 31.8 Å². The predicted molar refractivity (Wildman–Crippen MR) is 514 cm³/mol. The van der Waals surface area contributed by atoms with Crippen molar-refractivity contribution in [2.75, 3.05) is 19.8 Å². The molecule has 0 radical (unpaired) electrons. The van der Waals surface area contributed by atoms with Crippen molar-refractivity contribution >= 4 is 54.8 Å². The zero-order valence-corrected chi connectivity index (χ0v) is 77.7. The number of hydrogen-bond acceptors (Lipinski definition) is 26. The van der Waals surface area contributed by atoms with E-state index in [0.29, 0.717) is 133 Å². The van der Waals surface area contributed by atoms with Gasteiger partial charge in [0.05, 0.1) is 58.1 Å². The molecule has 29 nitrogen and oxygen atoms in total. The van der Waals surface area contributed by atoms with Gasteiger partial charge < -0.3 is 89.8 Å². The molecule has 768 valence electrons. The standard InChI is InChI=1S/C24H16F3N3O3.C23H15F3N4O3.2C20H17F3N2O3.C19H14F3N3O3/c25-24(26,27)32-19-9-6-16(7-10-19)17-8-11-21-20(14-17)23(29-33-21)31-15-22-28-12-13-30(22)18-4-2-1-3-5-18;24-23(25,26)32-18-7-4-16(5-8-18)17-6-9-20-19(11-17)22(29-33-20)31-14-15-12-28-30(13-15)21-3-1-2-10-27-21;2*1-12-2-6-15(24-12)11-26-19-17-10-14(5-9-18(17)28-25-19)13-3-7-16(8-4-13)27-20(21,22)23;20-19(21,22)27-15-4-1-13(2-5-15)14-3-6-17-16(11-14)18(24-28-17)26-10-9-25-8-7-23-12-25/h1-14H,15H2;1-13H,14H2;2*3-5,7-10,15,24H,1-2,6,11H2;1-8,11-12H,9-10H2/t;;2*15-;/m..10./s1. The fourth-order valence-corrected chi connectivity index (χ4v) is 15.7. The van der Waals surface area contributed by atoms with E-state index in [1.165, 1.54) is 60.7 Å². The van der Waals surface area contributed by atoms with Crippen LogP contribution in [-0.4, -0.2) is 123 Å². The number of benzene rings is 11. The van der Waals surface area contributed by atoms with Gasteiger partial charge >= 0.3 is 31.8 Å². The summed E-state index contributed by atoms with van der Waals surface area (Å²) in [5.41, 5.74) is 14.0. The number of nitrogens with one attached hydrogen (secondary N) is 2. The van der Waals surface area contributed by atoms with Crippen molar-refractivity contribution in [3.63, 3.8) is 0 Å². The second kappa shape index (κ2) is 44.7. The highest BCUT2D eigenvalue weighted by atomic mass is 19.4. The zero-order valence-electron chi connectivity index (χ0n) is 77.7. The number of imidazole rings is 2. The molecule has 2 aliphatic rings. The highest BCUT2D eigenvalue weighted by molar-refractivity contribution is 5.91. The van der Waals surface area contributed by atoms with Crippen molar-refractivity contribution in [1.29, 1.82) is 0 Å². The Hall–Kier alpha value is -18.4. The zero-order chi connectivity index (χ0) is 105. The summed E-state index contributed by atoms with van der Waals surface area (Å²) in [6.45, 7) is 10.0. The molecule has 0 saturated carbocycles. The number of hydrogen-bond donors (Lipinski definition) is 2. The van der Waals surface area contributed by atoms with Crippen molar-refractivity contribution < 1.29 is 136 Å². The number of para-hydroxylation sites is 1. The summed E-state index contributed by atoms with van der Waals surface area (Å²) in [6.07, 6.45) is -5.96. The van der Waals surface area contributed by atoms with Crippen LogP contribution in [0.5, 0.6) is 58.1 Å². The molecular weight excluding hydrogens is 1990 g/mol. The molecule has 2 fully saturated rings. The van der Waals surface area contributed by atoms with Gasteiger partial charge in [-0.3, -0.25) is 0 Å². The van der Waals surface area contributed by atoms with Crippen LogP contribution in [0.25, 0.3) is 122 Å². The van der Waals surface area contributed by atoms with Gasteiger partial charge in [0.15, 0.2) is 39.6 Å². The van der Waals surface area contributed by atoms with Gasteiger partial charge in [0.25, 0.3) is 29.4 Å². The van der Waals surface area contributed by atoms with Gasteiger partial charge in [0.1, 0.15) is 61.8 Å². The van der Waals surface area contributed by atoms with E-state index in [9.17, 15) is 65.9 Å². The summed E-state index contributed by atoms with van der Waals surface area (Å²) < 4.78 is 265. The third-order valence-corrected chi connectivity index (χ3v) is 22.7. The normalized spacial score (nSPS) is 13.6. The Kier molecular flexibility index (Phi) is 30.3. The number of rotatable bonds is 28. The van der Waals surface area contributed by atoms with E-state index in [-0.39, 0.29) is 54.0 Å². The smallest absolute Gasteiger partial charge is 0.473 e. The molecule has 44 heteroatoms. The summed E-state index contributed by atoms with van der Waals surface area (Å²) in [5, 5.41) is 34.0. The molecule has 2 aliphatic heterocycles. The lowest BCUT2D eigenvalue weighted by Gasteiger charge is -2.11. The number of halogens is 15. The van der Waals surface area contributed by atoms with Crippen LogP contribution in [-0.2, 0) is 19.8 Å². The van der Waals surface area contributed by atoms with Gasteiger partial charge in [-0.15, -0.1) is 65.9 Å². The van der Waals surface area contributed by atoms with Crippen LogP contribution >= 0.6 is 0 Å². The molecule has 9 aromatic heterocycles. The minimum absolute atomic E-state index is 0.164. The molecule has 20 aromatic rings. The Bertz CT molecular complexity index is 7800. The monoisotopic (exact) mass is 2070 g/mol. The third-order valence-electron chi connectivity index (χ3n) is 22.7. The van der Waals surface area contributed by atoms with Gasteiger partial charge in [-0.25, -0.2) is 19.6 Å². The van der Waals surface area contributed by atoms with Crippen molar-refractivity contribution in [3.05, 3.63) is 346 Å². The maximum absolute atomic E-state index is 12.4. The van der Waals surface area contributed by atoms with Crippen LogP contribution in [0.4, 0.5) is 65.9 Å². The van der Waals surface area contributed by atoms with Crippen LogP contribution in [0.1, 0.15) is 37.1 Å². The number of alkyl halides is 15. The number of ether oxygens (including phenoxy) is 10. The van der Waals surface area contributed by atoms with E-state index in [1.54, 1.807) is 169 Å². The van der Waals surface area contributed by atoms with E-state index >= 15 is 0 Å². The summed E-state index contributed by atoms with van der Waals surface area (Å²) in [6, 6.07) is 70.6. The summed E-state index contributed by atoms with van der Waals surface area (Å²) in [7, 11) is 0. The van der Waals surface area contributed by atoms with Gasteiger partial charge in [-0.2, -0.15) is 5.10 Å². The first-order valence-corrected chi connectivity index (χ1v) is 45.4. The highest BCUT2D eigenvalue weighted by Gasteiger charge is 2.36. The second-order valence-corrected chi connectivity index (χ2v) is 33.2. The molecule has 2 atom stereocenters. The second-order valence-electron chi connectivity index (χ2n) is 33.2. The summed E-state index contributed by atoms with van der Waals surface area (Å²) in [4.78, 5) is 12.6. The Morgan fingerprint density at radius 2 is 0.687 bits per heavy atom. The molecule has 0 amide bonds. The van der Waals surface area contributed by atoms with Crippen LogP contribution < -0.4 is 58.0 Å². The third kappa shape index (κ3) is 27.2. The lowest BCUT2D eigenvalue weighted by Crippen LogP contribution is -2.27. The van der Waals surface area contributed by atoms with Crippen LogP contribution in [0, 0.1) is 0 Å². The first-order chi connectivity index (χ1) is 72.1. The van der Waals surface area contributed by atoms with Crippen molar-refractivity contribution in [1.82, 2.24) is 70.3 Å². The Morgan fingerprint density at radius 1 is 0.347 bits per heavy atom. The quantitative estimate of drug-likeness (QED) is 0.0430. The van der Waals surface area contributed by atoms with Gasteiger partial charge in [-0.05, 0) is 253 Å². The average molecular weight is 2070 g/mol. The number of nitrogens with zero attached hydrogens (tertiary/aromatic N) is 12. The molecule has 0 bridgehead atoms. The van der Waals surface area contributed by atoms with E-state index in [1.807, 2.05) is 94.3 Å². The van der Waals surface area contributed by atoms with Gasteiger partial charge in [0, 0.05) is 59.8 Å². The molecule has 11 heterocycles. The highest BCUT2D eigenvalue weighted by Crippen LogP contribution is 2.41. The predicted octanol–water partition coefficient (Wildman–Crippen LogP) is 26.5. The van der Waals surface area contributed by atoms with Crippen molar-refractivity contribution in [3.8, 4) is 125 Å². The number of allylic oxidation sites excluding steroid dienone is 2. The minimum atomic E-state index is -4.73. The molecule has 150 heavy (non-hydrogen) atoms.